The molecule has 0 saturated carbocycles. The summed E-state index contributed by atoms with van der Waals surface area (Å²) < 4.78 is 0. The number of rotatable bonds is 19. The van der Waals surface area contributed by atoms with Crippen LogP contribution in [-0.2, 0) is 33.6 Å². The second kappa shape index (κ2) is 18.8. The molecule has 0 aliphatic heterocycles. The maximum Gasteiger partial charge on any atom is 0.322 e. The van der Waals surface area contributed by atoms with Crippen molar-refractivity contribution in [1.29, 1.82) is 0 Å². The zero-order valence-corrected chi connectivity index (χ0v) is 24.4. The van der Waals surface area contributed by atoms with Crippen LogP contribution in [0, 0.1) is 11.8 Å². The molecule has 0 heterocycles. The van der Waals surface area contributed by atoms with E-state index >= 15 is 0 Å². The number of hydrogen-bond acceptors (Lipinski definition) is 9. The van der Waals surface area contributed by atoms with E-state index in [0.29, 0.717) is 12.2 Å². The van der Waals surface area contributed by atoms with Gasteiger partial charge in [0.05, 0.1) is 13.0 Å². The van der Waals surface area contributed by atoms with E-state index in [9.17, 15) is 33.6 Å². The predicted molar refractivity (Wildman–Crippen MR) is 149 cm³/mol. The van der Waals surface area contributed by atoms with Crippen molar-refractivity contribution in [3.8, 4) is 0 Å². The molecular formula is C24H43N7O8S. The van der Waals surface area contributed by atoms with Gasteiger partial charge in [-0.1, -0.05) is 34.1 Å². The standard InChI is InChI=1S/C24H43N7O8S/c1-6-13(4)20(30-17(33)10-25)24(39)28-14(7-8-40-5)22(37)31-19(12(2)3)23(38)29-15(9-16(26)32)21(36)27-11-18(34)35/h12-15,19-20H,6-11,25H2,1-5H3,(H2,26,32)(H,27,36)(H,28,39)(H,29,38)(H,30,33)(H,31,37)(H,34,35). The number of thioether (sulfide) groups is 1. The summed E-state index contributed by atoms with van der Waals surface area (Å²) >= 11 is 1.44. The zero-order chi connectivity index (χ0) is 31.0. The summed E-state index contributed by atoms with van der Waals surface area (Å²) in [5, 5.41) is 21.0. The lowest BCUT2D eigenvalue weighted by Crippen LogP contribution is -2.60. The van der Waals surface area contributed by atoms with Gasteiger partial charge in [0.2, 0.25) is 35.4 Å². The van der Waals surface area contributed by atoms with Crippen LogP contribution in [0.1, 0.15) is 47.0 Å². The molecule has 6 amide bonds. The number of amides is 6. The van der Waals surface area contributed by atoms with Gasteiger partial charge in [-0.15, -0.1) is 0 Å². The van der Waals surface area contributed by atoms with Gasteiger partial charge in [0.1, 0.15) is 30.7 Å². The number of aliphatic carboxylic acids is 1. The lowest BCUT2D eigenvalue weighted by Gasteiger charge is -2.29. The quantitative estimate of drug-likeness (QED) is 0.0780. The minimum atomic E-state index is -1.48. The van der Waals surface area contributed by atoms with Crippen LogP contribution in [0.15, 0.2) is 0 Å². The Balaban J connectivity index is 5.80. The first-order chi connectivity index (χ1) is 18.7. The third kappa shape index (κ3) is 13.6. The predicted octanol–water partition coefficient (Wildman–Crippen LogP) is -2.58. The highest BCUT2D eigenvalue weighted by Gasteiger charge is 2.34. The molecule has 0 fully saturated rings. The molecule has 0 aromatic carbocycles. The Hall–Kier alpha value is -3.40. The highest BCUT2D eigenvalue weighted by Crippen LogP contribution is 2.11. The van der Waals surface area contributed by atoms with Crippen LogP contribution in [0.25, 0.3) is 0 Å². The molecule has 0 radical (unpaired) electrons. The van der Waals surface area contributed by atoms with Crippen molar-refractivity contribution in [2.75, 3.05) is 25.1 Å². The molecule has 16 heteroatoms. The summed E-state index contributed by atoms with van der Waals surface area (Å²) in [5.74, 6) is -6.06. The summed E-state index contributed by atoms with van der Waals surface area (Å²) in [6, 6.07) is -4.66. The molecule has 0 aromatic rings. The molecule has 5 unspecified atom stereocenters. The van der Waals surface area contributed by atoms with E-state index in [-0.39, 0.29) is 18.9 Å². The van der Waals surface area contributed by atoms with Gasteiger partial charge in [0.15, 0.2) is 0 Å². The van der Waals surface area contributed by atoms with Gasteiger partial charge in [-0.2, -0.15) is 11.8 Å². The average Bonchev–Trinajstić information content (AvgIpc) is 2.89. The number of carbonyl (C=O) groups is 7. The van der Waals surface area contributed by atoms with E-state index in [1.54, 1.807) is 20.8 Å². The second-order valence-electron chi connectivity index (χ2n) is 9.55. The Morgan fingerprint density at radius 2 is 1.40 bits per heavy atom. The van der Waals surface area contributed by atoms with Crippen molar-refractivity contribution in [3.63, 3.8) is 0 Å². The first kappa shape index (κ1) is 36.6. The molecule has 15 nitrogen and oxygen atoms in total. The van der Waals surface area contributed by atoms with Crippen molar-refractivity contribution in [3.05, 3.63) is 0 Å². The number of nitrogens with one attached hydrogen (secondary N) is 5. The Labute approximate surface area is 238 Å². The van der Waals surface area contributed by atoms with E-state index in [1.165, 1.54) is 11.8 Å². The smallest absolute Gasteiger partial charge is 0.322 e. The van der Waals surface area contributed by atoms with Gasteiger partial charge in [-0.3, -0.25) is 33.6 Å². The molecule has 0 saturated heterocycles. The minimum absolute atomic E-state index is 0.213. The molecule has 40 heavy (non-hydrogen) atoms. The normalized spacial score (nSPS) is 14.6. The number of primary amides is 1. The lowest BCUT2D eigenvalue weighted by atomic mass is 9.97. The van der Waals surface area contributed by atoms with Crippen LogP contribution in [0.3, 0.4) is 0 Å². The van der Waals surface area contributed by atoms with Crippen LogP contribution in [-0.4, -0.2) is 95.8 Å². The maximum atomic E-state index is 13.3. The Bertz CT molecular complexity index is 918. The molecule has 5 atom stereocenters. The summed E-state index contributed by atoms with van der Waals surface area (Å²) in [7, 11) is 0. The summed E-state index contributed by atoms with van der Waals surface area (Å²) in [6.07, 6.45) is 1.99. The first-order valence-electron chi connectivity index (χ1n) is 12.9. The van der Waals surface area contributed by atoms with Crippen LogP contribution >= 0.6 is 11.8 Å². The third-order valence-electron chi connectivity index (χ3n) is 5.94. The number of hydrogen-bond donors (Lipinski definition) is 8. The fourth-order valence-corrected chi connectivity index (χ4v) is 3.92. The Kier molecular flexibility index (Phi) is 17.2. The van der Waals surface area contributed by atoms with Gasteiger partial charge >= 0.3 is 5.97 Å². The molecule has 0 aliphatic rings. The van der Waals surface area contributed by atoms with E-state index in [1.807, 2.05) is 13.2 Å². The van der Waals surface area contributed by atoms with Gasteiger partial charge in [0, 0.05) is 0 Å². The molecule has 0 bridgehead atoms. The largest absolute Gasteiger partial charge is 0.480 e. The van der Waals surface area contributed by atoms with Crippen molar-refractivity contribution >= 4 is 53.2 Å². The third-order valence-corrected chi connectivity index (χ3v) is 6.58. The van der Waals surface area contributed by atoms with Crippen LogP contribution in [0.5, 0.6) is 0 Å². The van der Waals surface area contributed by atoms with Crippen LogP contribution in [0.4, 0.5) is 0 Å². The van der Waals surface area contributed by atoms with Crippen molar-refractivity contribution < 1.29 is 38.7 Å². The average molecular weight is 590 g/mol. The fraction of sp³-hybridized carbons (Fsp3) is 0.708. The molecule has 228 valence electrons. The van der Waals surface area contributed by atoms with Crippen LogP contribution < -0.4 is 38.1 Å². The van der Waals surface area contributed by atoms with Gasteiger partial charge < -0.3 is 43.2 Å². The van der Waals surface area contributed by atoms with Crippen molar-refractivity contribution in [1.82, 2.24) is 26.6 Å². The van der Waals surface area contributed by atoms with Gasteiger partial charge in [0.25, 0.3) is 0 Å². The Morgan fingerprint density at radius 3 is 1.88 bits per heavy atom. The van der Waals surface area contributed by atoms with E-state index < -0.39 is 84.5 Å². The van der Waals surface area contributed by atoms with Gasteiger partial charge in [-0.05, 0) is 30.3 Å². The van der Waals surface area contributed by atoms with Crippen molar-refractivity contribution in [2.45, 2.75) is 71.1 Å². The summed E-state index contributed by atoms with van der Waals surface area (Å²) in [4.78, 5) is 85.9. The minimum Gasteiger partial charge on any atom is -0.480 e. The highest BCUT2D eigenvalue weighted by atomic mass is 32.2. The zero-order valence-electron chi connectivity index (χ0n) is 23.6. The van der Waals surface area contributed by atoms with E-state index in [0.717, 1.165) is 0 Å². The first-order valence-corrected chi connectivity index (χ1v) is 14.2. The molecule has 10 N–H and O–H groups in total. The molecular weight excluding hydrogens is 546 g/mol. The van der Waals surface area contributed by atoms with Crippen molar-refractivity contribution in [2.24, 2.45) is 23.3 Å². The molecule has 0 aliphatic carbocycles. The number of nitrogens with two attached hydrogens (primary N) is 2. The maximum absolute atomic E-state index is 13.3. The SMILES string of the molecule is CCC(C)C(NC(=O)CN)C(=O)NC(CCSC)C(=O)NC(C(=O)NC(CC(N)=O)C(=O)NCC(=O)O)C(C)C. The molecule has 0 aromatic heterocycles. The summed E-state index contributed by atoms with van der Waals surface area (Å²) in [5.41, 5.74) is 10.5. The molecule has 0 spiro atoms. The molecule has 0 rings (SSSR count). The monoisotopic (exact) mass is 589 g/mol. The van der Waals surface area contributed by atoms with E-state index in [2.05, 4.69) is 26.6 Å². The summed E-state index contributed by atoms with van der Waals surface area (Å²) in [6.45, 7) is 5.83. The number of carboxylic acids is 1. The van der Waals surface area contributed by atoms with E-state index in [4.69, 9.17) is 16.6 Å². The fourth-order valence-electron chi connectivity index (χ4n) is 3.45. The van der Waals surface area contributed by atoms with Gasteiger partial charge in [-0.25, -0.2) is 0 Å². The number of carboxylic acid groups (broad SMARTS) is 1. The second-order valence-corrected chi connectivity index (χ2v) is 10.5. The lowest BCUT2D eigenvalue weighted by molar-refractivity contribution is -0.139. The van der Waals surface area contributed by atoms with Crippen LogP contribution in [0.2, 0.25) is 0 Å². The topological polar surface area (TPSA) is 252 Å². The Morgan fingerprint density at radius 1 is 0.825 bits per heavy atom. The number of carbonyl (C=O) groups excluding carboxylic acids is 6. The highest BCUT2D eigenvalue weighted by molar-refractivity contribution is 7.98.